The third-order valence-corrected chi connectivity index (χ3v) is 3.52. The minimum absolute atomic E-state index is 0.158. The van der Waals surface area contributed by atoms with Crippen molar-refractivity contribution in [1.29, 1.82) is 0 Å². The van der Waals surface area contributed by atoms with Crippen molar-refractivity contribution < 1.29 is 4.79 Å². The number of carbonyl (C=O) groups excluding carboxylic acids is 1. The average Bonchev–Trinajstić information content (AvgIpc) is 2.61. The SMILES string of the molecule is O=C1NCCCN1C1C2CNCC21. The van der Waals surface area contributed by atoms with E-state index in [2.05, 4.69) is 10.6 Å². The second-order valence-electron chi connectivity index (χ2n) is 4.26. The van der Waals surface area contributed by atoms with Crippen LogP contribution in [0.15, 0.2) is 0 Å². The molecule has 2 saturated heterocycles. The summed E-state index contributed by atoms with van der Waals surface area (Å²) >= 11 is 0. The van der Waals surface area contributed by atoms with Crippen molar-refractivity contribution in [3.63, 3.8) is 0 Å². The Morgan fingerprint density at radius 1 is 1.31 bits per heavy atom. The zero-order chi connectivity index (χ0) is 8.84. The third kappa shape index (κ3) is 1.05. The lowest BCUT2D eigenvalue weighted by Crippen LogP contribution is -2.49. The maximum atomic E-state index is 11.5. The van der Waals surface area contributed by atoms with Gasteiger partial charge in [0.2, 0.25) is 0 Å². The van der Waals surface area contributed by atoms with Gasteiger partial charge in [0.25, 0.3) is 0 Å². The molecule has 1 saturated carbocycles. The van der Waals surface area contributed by atoms with Crippen molar-refractivity contribution in [3.05, 3.63) is 0 Å². The van der Waals surface area contributed by atoms with Gasteiger partial charge in [-0.25, -0.2) is 4.79 Å². The standard InChI is InChI=1S/C9H15N3O/c13-9-11-2-1-3-12(9)8-6-4-10-5-7(6)8/h6-8,10H,1-5H2,(H,11,13). The molecule has 4 heteroatoms. The van der Waals surface area contributed by atoms with Gasteiger partial charge in [0.15, 0.2) is 0 Å². The zero-order valence-electron chi connectivity index (χ0n) is 7.62. The molecule has 13 heavy (non-hydrogen) atoms. The largest absolute Gasteiger partial charge is 0.338 e. The molecular weight excluding hydrogens is 166 g/mol. The van der Waals surface area contributed by atoms with E-state index >= 15 is 0 Å². The van der Waals surface area contributed by atoms with Gasteiger partial charge in [0, 0.05) is 32.2 Å². The fraction of sp³-hybridized carbons (Fsp3) is 0.889. The first-order chi connectivity index (χ1) is 6.38. The van der Waals surface area contributed by atoms with Gasteiger partial charge in [0.05, 0.1) is 0 Å². The highest BCUT2D eigenvalue weighted by atomic mass is 16.2. The Kier molecular flexibility index (Phi) is 1.53. The number of nitrogens with one attached hydrogen (secondary N) is 2. The van der Waals surface area contributed by atoms with Crippen molar-refractivity contribution in [2.24, 2.45) is 11.8 Å². The molecule has 2 unspecified atom stereocenters. The fourth-order valence-electron chi connectivity index (χ4n) is 2.78. The predicted octanol–water partition coefficient (Wildman–Crippen LogP) is -0.380. The lowest BCUT2D eigenvalue weighted by atomic mass is 10.3. The highest BCUT2D eigenvalue weighted by Gasteiger charge is 2.57. The van der Waals surface area contributed by atoms with Crippen LogP contribution >= 0.6 is 0 Å². The van der Waals surface area contributed by atoms with Crippen LogP contribution in [0.1, 0.15) is 6.42 Å². The zero-order valence-corrected chi connectivity index (χ0v) is 7.62. The Hall–Kier alpha value is -0.770. The molecule has 3 aliphatic rings. The van der Waals surface area contributed by atoms with Crippen LogP contribution < -0.4 is 10.6 Å². The third-order valence-electron chi connectivity index (χ3n) is 3.52. The van der Waals surface area contributed by atoms with Gasteiger partial charge < -0.3 is 15.5 Å². The van der Waals surface area contributed by atoms with E-state index < -0.39 is 0 Å². The second kappa shape index (κ2) is 2.61. The summed E-state index contributed by atoms with van der Waals surface area (Å²) in [6.07, 6.45) is 1.11. The van der Waals surface area contributed by atoms with Crippen molar-refractivity contribution in [1.82, 2.24) is 15.5 Å². The van der Waals surface area contributed by atoms with Crippen molar-refractivity contribution in [2.45, 2.75) is 12.5 Å². The lowest BCUT2D eigenvalue weighted by molar-refractivity contribution is 0.176. The van der Waals surface area contributed by atoms with Gasteiger partial charge in [0.1, 0.15) is 0 Å². The van der Waals surface area contributed by atoms with Crippen LogP contribution in [0.3, 0.4) is 0 Å². The van der Waals surface area contributed by atoms with Gasteiger partial charge in [-0.05, 0) is 18.3 Å². The summed E-state index contributed by atoms with van der Waals surface area (Å²) in [5.41, 5.74) is 0. The minimum Gasteiger partial charge on any atom is -0.338 e. The summed E-state index contributed by atoms with van der Waals surface area (Å²) in [5, 5.41) is 6.26. The van der Waals surface area contributed by atoms with E-state index in [0.29, 0.717) is 6.04 Å². The molecule has 0 bridgehead atoms. The van der Waals surface area contributed by atoms with Crippen LogP contribution in [0.5, 0.6) is 0 Å². The minimum atomic E-state index is 0.158. The average molecular weight is 181 g/mol. The second-order valence-corrected chi connectivity index (χ2v) is 4.26. The molecule has 2 N–H and O–H groups in total. The smallest absolute Gasteiger partial charge is 0.317 e. The van der Waals surface area contributed by atoms with Crippen LogP contribution in [0, 0.1) is 11.8 Å². The number of piperidine rings is 1. The highest BCUT2D eigenvalue weighted by molar-refractivity contribution is 5.75. The van der Waals surface area contributed by atoms with Gasteiger partial charge in [-0.2, -0.15) is 0 Å². The molecule has 72 valence electrons. The van der Waals surface area contributed by atoms with E-state index in [1.807, 2.05) is 4.90 Å². The molecule has 0 aromatic heterocycles. The summed E-state index contributed by atoms with van der Waals surface area (Å²) < 4.78 is 0. The molecule has 3 fully saturated rings. The number of urea groups is 1. The molecular formula is C9H15N3O. The van der Waals surface area contributed by atoms with Crippen LogP contribution in [0.25, 0.3) is 0 Å². The Morgan fingerprint density at radius 3 is 2.77 bits per heavy atom. The quantitative estimate of drug-likeness (QED) is 0.579. The summed E-state index contributed by atoms with van der Waals surface area (Å²) in [5.74, 6) is 1.51. The monoisotopic (exact) mass is 181 g/mol. The maximum absolute atomic E-state index is 11.5. The number of amides is 2. The first-order valence-electron chi connectivity index (χ1n) is 5.13. The fourth-order valence-corrected chi connectivity index (χ4v) is 2.78. The van der Waals surface area contributed by atoms with E-state index in [9.17, 15) is 4.79 Å². The van der Waals surface area contributed by atoms with Crippen LogP contribution in [-0.2, 0) is 0 Å². The predicted molar refractivity (Wildman–Crippen MR) is 48.4 cm³/mol. The number of hydrogen-bond donors (Lipinski definition) is 2. The van der Waals surface area contributed by atoms with Crippen LogP contribution in [0.2, 0.25) is 0 Å². The molecule has 0 aromatic rings. The normalized spacial score (nSPS) is 42.9. The van der Waals surface area contributed by atoms with Crippen LogP contribution in [-0.4, -0.2) is 43.2 Å². The van der Waals surface area contributed by atoms with Crippen molar-refractivity contribution in [3.8, 4) is 0 Å². The summed E-state index contributed by atoms with van der Waals surface area (Å²) in [4.78, 5) is 13.5. The topological polar surface area (TPSA) is 44.4 Å². The van der Waals surface area contributed by atoms with Crippen LogP contribution in [0.4, 0.5) is 4.79 Å². The molecule has 2 atom stereocenters. The summed E-state index contributed by atoms with van der Waals surface area (Å²) in [6.45, 7) is 4.04. The molecule has 0 aromatic carbocycles. The summed E-state index contributed by atoms with van der Waals surface area (Å²) in [6, 6.07) is 0.715. The number of hydrogen-bond acceptors (Lipinski definition) is 2. The molecule has 0 spiro atoms. The first kappa shape index (κ1) is 7.62. The van der Waals surface area contributed by atoms with E-state index in [1.54, 1.807) is 0 Å². The Labute approximate surface area is 77.7 Å². The van der Waals surface area contributed by atoms with E-state index in [4.69, 9.17) is 0 Å². The molecule has 0 radical (unpaired) electrons. The molecule has 4 nitrogen and oxygen atoms in total. The highest BCUT2D eigenvalue weighted by Crippen LogP contribution is 2.45. The lowest BCUT2D eigenvalue weighted by Gasteiger charge is -2.29. The Morgan fingerprint density at radius 2 is 2.08 bits per heavy atom. The van der Waals surface area contributed by atoms with Crippen molar-refractivity contribution >= 4 is 6.03 Å². The Bertz CT molecular complexity index is 233. The first-order valence-corrected chi connectivity index (χ1v) is 5.13. The summed E-state index contributed by atoms with van der Waals surface area (Å²) in [7, 11) is 0. The van der Waals surface area contributed by atoms with E-state index in [-0.39, 0.29) is 6.03 Å². The molecule has 2 heterocycles. The van der Waals surface area contributed by atoms with Gasteiger partial charge in [-0.15, -0.1) is 0 Å². The van der Waals surface area contributed by atoms with Gasteiger partial charge in [-0.1, -0.05) is 0 Å². The molecule has 1 aliphatic carbocycles. The van der Waals surface area contributed by atoms with Gasteiger partial charge >= 0.3 is 6.03 Å². The molecule has 3 rings (SSSR count). The molecule has 2 aliphatic heterocycles. The van der Waals surface area contributed by atoms with E-state index in [1.165, 1.54) is 0 Å². The van der Waals surface area contributed by atoms with Crippen molar-refractivity contribution in [2.75, 3.05) is 26.2 Å². The number of fused-ring (bicyclic) bond motifs is 1. The molecule has 2 amide bonds. The number of nitrogens with zero attached hydrogens (tertiary/aromatic N) is 1. The number of carbonyl (C=O) groups is 1. The van der Waals surface area contributed by atoms with Gasteiger partial charge in [-0.3, -0.25) is 0 Å². The Balaban J connectivity index is 1.68. The van der Waals surface area contributed by atoms with E-state index in [0.717, 1.165) is 44.4 Å². The maximum Gasteiger partial charge on any atom is 0.317 e. The number of rotatable bonds is 1.